The van der Waals surface area contributed by atoms with Gasteiger partial charge in [-0.25, -0.2) is 4.98 Å². The van der Waals surface area contributed by atoms with Gasteiger partial charge in [-0.15, -0.1) is 0 Å². The summed E-state index contributed by atoms with van der Waals surface area (Å²) in [4.78, 5) is 17.4. The van der Waals surface area contributed by atoms with E-state index < -0.39 is 12.1 Å². The van der Waals surface area contributed by atoms with Gasteiger partial charge in [0.15, 0.2) is 6.10 Å². The Kier molecular flexibility index (Phi) is 6.61. The molecule has 0 fully saturated rings. The Bertz CT molecular complexity index is 993. The standard InChI is InChI=1S/C23H27N3O4/c1-15-7-6-8-18(11-15)30-16(2)23(27)25-21(22-24-9-10-26(22)3)17-12-19(28-4)14-20(13-17)29-5/h6-14,16,21H,1-5H3,(H,25,27). The molecule has 0 spiro atoms. The van der Waals surface area contributed by atoms with Crippen LogP contribution in [0.15, 0.2) is 54.9 Å². The normalized spacial score (nSPS) is 12.7. The monoisotopic (exact) mass is 409 g/mol. The molecular formula is C23H27N3O4. The first-order valence-electron chi connectivity index (χ1n) is 9.65. The molecule has 1 N–H and O–H groups in total. The summed E-state index contributed by atoms with van der Waals surface area (Å²) in [6.45, 7) is 3.70. The lowest BCUT2D eigenvalue weighted by Crippen LogP contribution is -2.39. The summed E-state index contributed by atoms with van der Waals surface area (Å²) in [5.41, 5.74) is 1.85. The van der Waals surface area contributed by atoms with Crippen LogP contribution in [0.1, 0.15) is 29.9 Å². The van der Waals surface area contributed by atoms with Crippen molar-refractivity contribution in [1.29, 1.82) is 0 Å². The van der Waals surface area contributed by atoms with Gasteiger partial charge in [-0.1, -0.05) is 12.1 Å². The van der Waals surface area contributed by atoms with Crippen LogP contribution in [0.2, 0.25) is 0 Å². The van der Waals surface area contributed by atoms with Gasteiger partial charge in [-0.2, -0.15) is 0 Å². The lowest BCUT2D eigenvalue weighted by Gasteiger charge is -2.23. The molecule has 30 heavy (non-hydrogen) atoms. The highest BCUT2D eigenvalue weighted by molar-refractivity contribution is 5.81. The van der Waals surface area contributed by atoms with Gasteiger partial charge in [0.05, 0.1) is 14.2 Å². The fourth-order valence-corrected chi connectivity index (χ4v) is 3.15. The molecule has 3 aromatic rings. The van der Waals surface area contributed by atoms with Crippen LogP contribution in [-0.2, 0) is 11.8 Å². The van der Waals surface area contributed by atoms with Gasteiger partial charge < -0.3 is 24.1 Å². The number of nitrogens with zero attached hydrogens (tertiary/aromatic N) is 2. The van der Waals surface area contributed by atoms with Gasteiger partial charge in [-0.05, 0) is 49.2 Å². The molecule has 0 aliphatic carbocycles. The maximum atomic E-state index is 13.0. The number of hydrogen-bond donors (Lipinski definition) is 1. The van der Waals surface area contributed by atoms with Gasteiger partial charge in [0.2, 0.25) is 0 Å². The Labute approximate surface area is 176 Å². The third kappa shape index (κ3) is 4.92. The van der Waals surface area contributed by atoms with Crippen LogP contribution in [0.25, 0.3) is 0 Å². The highest BCUT2D eigenvalue weighted by Gasteiger charge is 2.25. The highest BCUT2D eigenvalue weighted by atomic mass is 16.5. The summed E-state index contributed by atoms with van der Waals surface area (Å²) >= 11 is 0. The van der Waals surface area contributed by atoms with E-state index in [4.69, 9.17) is 14.2 Å². The topological polar surface area (TPSA) is 74.6 Å². The Balaban J connectivity index is 1.88. The number of ether oxygens (including phenoxy) is 3. The number of aryl methyl sites for hydroxylation is 2. The van der Waals surface area contributed by atoms with E-state index in [9.17, 15) is 4.79 Å². The molecule has 1 amide bonds. The molecule has 7 heteroatoms. The van der Waals surface area contributed by atoms with Crippen LogP contribution < -0.4 is 19.5 Å². The van der Waals surface area contributed by atoms with Gasteiger partial charge >= 0.3 is 0 Å². The summed E-state index contributed by atoms with van der Waals surface area (Å²) in [6, 6.07) is 12.6. The number of imidazole rings is 1. The average Bonchev–Trinajstić information content (AvgIpc) is 3.16. The molecule has 2 unspecified atom stereocenters. The SMILES string of the molecule is COc1cc(OC)cc(C(NC(=O)C(C)Oc2cccc(C)c2)c2nccn2C)c1. The first-order chi connectivity index (χ1) is 14.4. The molecule has 0 saturated heterocycles. The molecule has 1 heterocycles. The van der Waals surface area contributed by atoms with Crippen LogP contribution in [0.4, 0.5) is 0 Å². The Morgan fingerprint density at radius 1 is 1.07 bits per heavy atom. The minimum Gasteiger partial charge on any atom is -0.497 e. The van der Waals surface area contributed by atoms with Crippen molar-refractivity contribution in [3.63, 3.8) is 0 Å². The quantitative estimate of drug-likeness (QED) is 0.617. The van der Waals surface area contributed by atoms with E-state index >= 15 is 0 Å². The molecule has 2 atom stereocenters. The number of carbonyl (C=O) groups excluding carboxylic acids is 1. The third-order valence-electron chi connectivity index (χ3n) is 4.78. The molecule has 0 aliphatic heterocycles. The summed E-state index contributed by atoms with van der Waals surface area (Å²) in [7, 11) is 5.06. The van der Waals surface area contributed by atoms with Crippen molar-refractivity contribution in [1.82, 2.24) is 14.9 Å². The van der Waals surface area contributed by atoms with E-state index in [2.05, 4.69) is 10.3 Å². The van der Waals surface area contributed by atoms with Crippen molar-refractivity contribution in [3.05, 3.63) is 71.8 Å². The molecule has 158 valence electrons. The number of methoxy groups -OCH3 is 2. The first kappa shape index (κ1) is 21.2. The molecule has 0 aliphatic rings. The number of amides is 1. The van der Waals surface area contributed by atoms with Crippen LogP contribution >= 0.6 is 0 Å². The van der Waals surface area contributed by atoms with E-state index in [0.29, 0.717) is 23.1 Å². The van der Waals surface area contributed by atoms with Crippen LogP contribution in [-0.4, -0.2) is 35.8 Å². The minimum absolute atomic E-state index is 0.258. The van der Waals surface area contributed by atoms with Crippen molar-refractivity contribution in [3.8, 4) is 17.2 Å². The van der Waals surface area contributed by atoms with Crippen LogP contribution in [0.3, 0.4) is 0 Å². The van der Waals surface area contributed by atoms with Crippen molar-refractivity contribution >= 4 is 5.91 Å². The second-order valence-corrected chi connectivity index (χ2v) is 7.06. The number of nitrogens with one attached hydrogen (secondary N) is 1. The van der Waals surface area contributed by atoms with Gasteiger partial charge in [-0.3, -0.25) is 4.79 Å². The number of rotatable bonds is 8. The lowest BCUT2D eigenvalue weighted by molar-refractivity contribution is -0.127. The molecular weight excluding hydrogens is 382 g/mol. The number of carbonyl (C=O) groups is 1. The van der Waals surface area contributed by atoms with Crippen molar-refractivity contribution in [2.24, 2.45) is 7.05 Å². The molecule has 7 nitrogen and oxygen atoms in total. The van der Waals surface area contributed by atoms with E-state index in [1.54, 1.807) is 33.4 Å². The van der Waals surface area contributed by atoms with Gasteiger partial charge in [0.25, 0.3) is 5.91 Å². The zero-order valence-corrected chi connectivity index (χ0v) is 17.9. The molecule has 0 saturated carbocycles. The molecule has 0 radical (unpaired) electrons. The fourth-order valence-electron chi connectivity index (χ4n) is 3.15. The first-order valence-corrected chi connectivity index (χ1v) is 9.65. The summed E-state index contributed by atoms with van der Waals surface area (Å²) < 4.78 is 18.5. The average molecular weight is 409 g/mol. The Morgan fingerprint density at radius 2 is 1.77 bits per heavy atom. The summed E-state index contributed by atoms with van der Waals surface area (Å²) in [6.07, 6.45) is 2.83. The van der Waals surface area contributed by atoms with Crippen molar-refractivity contribution in [2.75, 3.05) is 14.2 Å². The van der Waals surface area contributed by atoms with Crippen LogP contribution in [0.5, 0.6) is 17.2 Å². The van der Waals surface area contributed by atoms with E-state index in [1.165, 1.54) is 0 Å². The molecule has 0 bridgehead atoms. The minimum atomic E-state index is -0.693. The Hall–Kier alpha value is -3.48. The number of hydrogen-bond acceptors (Lipinski definition) is 5. The predicted octanol–water partition coefficient (Wildman–Crippen LogP) is 3.42. The molecule has 3 rings (SSSR count). The molecule has 2 aromatic carbocycles. The van der Waals surface area contributed by atoms with Crippen molar-refractivity contribution in [2.45, 2.75) is 26.0 Å². The van der Waals surface area contributed by atoms with Gasteiger partial charge in [0.1, 0.15) is 29.1 Å². The van der Waals surface area contributed by atoms with E-state index in [-0.39, 0.29) is 5.91 Å². The van der Waals surface area contributed by atoms with E-state index in [0.717, 1.165) is 11.1 Å². The smallest absolute Gasteiger partial charge is 0.261 e. The zero-order valence-electron chi connectivity index (χ0n) is 17.9. The van der Waals surface area contributed by atoms with Gasteiger partial charge in [0, 0.05) is 25.5 Å². The lowest BCUT2D eigenvalue weighted by atomic mass is 10.0. The number of aromatic nitrogens is 2. The predicted molar refractivity (Wildman–Crippen MR) is 114 cm³/mol. The van der Waals surface area contributed by atoms with Crippen molar-refractivity contribution < 1.29 is 19.0 Å². The largest absolute Gasteiger partial charge is 0.497 e. The summed E-state index contributed by atoms with van der Waals surface area (Å²) in [5, 5.41) is 3.06. The van der Waals surface area contributed by atoms with E-state index in [1.807, 2.05) is 61.1 Å². The third-order valence-corrected chi connectivity index (χ3v) is 4.78. The van der Waals surface area contributed by atoms with Crippen LogP contribution in [0, 0.1) is 6.92 Å². The second-order valence-electron chi connectivity index (χ2n) is 7.06. The Morgan fingerprint density at radius 3 is 2.33 bits per heavy atom. The fraction of sp³-hybridized carbons (Fsp3) is 0.304. The highest BCUT2D eigenvalue weighted by Crippen LogP contribution is 2.29. The summed E-state index contributed by atoms with van der Waals surface area (Å²) in [5.74, 6) is 2.32. The maximum absolute atomic E-state index is 13.0. The number of benzene rings is 2. The second kappa shape index (κ2) is 9.35. The maximum Gasteiger partial charge on any atom is 0.261 e. The molecule has 1 aromatic heterocycles. The zero-order chi connectivity index (χ0) is 21.7.